The molecule has 0 aromatic heterocycles. The van der Waals surface area contributed by atoms with Gasteiger partial charge in [-0.1, -0.05) is 30.3 Å². The van der Waals surface area contributed by atoms with Crippen LogP contribution >= 0.6 is 0 Å². The van der Waals surface area contributed by atoms with E-state index in [1.54, 1.807) is 6.08 Å². The summed E-state index contributed by atoms with van der Waals surface area (Å²) < 4.78 is 121. The maximum absolute atomic E-state index is 14.6. The second-order valence-corrected chi connectivity index (χ2v) is 11.9. The highest BCUT2D eigenvalue weighted by molar-refractivity contribution is 7.86. The molecule has 13 heteroatoms. The Kier molecular flexibility index (Phi) is 10.7. The van der Waals surface area contributed by atoms with Gasteiger partial charge in [0.25, 0.3) is 0 Å². The van der Waals surface area contributed by atoms with Crippen LogP contribution in [0, 0.1) is 11.7 Å². The first-order chi connectivity index (χ1) is 20.1. The molecule has 1 unspecified atom stereocenters. The number of halogens is 8. The number of alkyl halides is 7. The summed E-state index contributed by atoms with van der Waals surface area (Å²) in [7, 11) is -1.96. The van der Waals surface area contributed by atoms with Gasteiger partial charge in [0.1, 0.15) is 5.82 Å². The van der Waals surface area contributed by atoms with Crippen molar-refractivity contribution in [2.45, 2.75) is 66.7 Å². The third-order valence-corrected chi connectivity index (χ3v) is 9.67. The zero-order valence-corrected chi connectivity index (χ0v) is 23.9. The number of benzene rings is 2. The van der Waals surface area contributed by atoms with Crippen LogP contribution in [0.25, 0.3) is 0 Å². The van der Waals surface area contributed by atoms with Gasteiger partial charge in [0.15, 0.2) is 0 Å². The Labute approximate surface area is 246 Å². The predicted octanol–water partition coefficient (Wildman–Crippen LogP) is 7.98. The SMILES string of the molecule is C=N/C=C\C(=C/C)CCNC(=O)C1CCC(c2ccc(C(F)(C(F)(F)F)C(F)(F)F)cc2)(S(=O)c2ccc(F)cc2)CC1. The van der Waals surface area contributed by atoms with Crippen molar-refractivity contribution in [3.8, 4) is 0 Å². The number of nitrogens with zero attached hydrogens (tertiary/aromatic N) is 1. The molecule has 2 aromatic carbocycles. The highest BCUT2D eigenvalue weighted by Crippen LogP contribution is 2.54. The second-order valence-electron chi connectivity index (χ2n) is 10.1. The van der Waals surface area contributed by atoms with E-state index in [1.807, 2.05) is 13.0 Å². The van der Waals surface area contributed by atoms with Gasteiger partial charge in [-0.05, 0) is 87.2 Å². The van der Waals surface area contributed by atoms with E-state index < -0.39 is 50.9 Å². The van der Waals surface area contributed by atoms with Crippen LogP contribution in [-0.4, -0.2) is 35.7 Å². The van der Waals surface area contributed by atoms with Crippen LogP contribution in [0.1, 0.15) is 50.2 Å². The van der Waals surface area contributed by atoms with Gasteiger partial charge >= 0.3 is 18.0 Å². The molecule has 0 spiro atoms. The molecule has 1 N–H and O–H groups in total. The molecule has 1 saturated carbocycles. The summed E-state index contributed by atoms with van der Waals surface area (Å²) in [4.78, 5) is 16.7. The maximum atomic E-state index is 14.6. The first kappa shape index (κ1) is 34.1. The lowest BCUT2D eigenvalue weighted by Crippen LogP contribution is -2.50. The van der Waals surface area contributed by atoms with Crippen LogP contribution in [-0.2, 0) is 26.0 Å². The number of hydrogen-bond donors (Lipinski definition) is 1. The first-order valence-corrected chi connectivity index (χ1v) is 14.4. The van der Waals surface area contributed by atoms with E-state index in [0.29, 0.717) is 25.1 Å². The molecule has 0 saturated heterocycles. The Bertz CT molecular complexity index is 1340. The molecule has 0 bridgehead atoms. The molecule has 1 fully saturated rings. The summed E-state index contributed by atoms with van der Waals surface area (Å²) >= 11 is 0. The smallest absolute Gasteiger partial charge is 0.356 e. The van der Waals surface area contributed by atoms with Gasteiger partial charge in [-0.15, -0.1) is 0 Å². The van der Waals surface area contributed by atoms with Crippen LogP contribution in [0.4, 0.5) is 35.1 Å². The van der Waals surface area contributed by atoms with E-state index in [9.17, 15) is 44.1 Å². The molecular formula is C30H30F8N2O2S. The van der Waals surface area contributed by atoms with Crippen molar-refractivity contribution in [3.05, 3.63) is 89.4 Å². The molecule has 2 aromatic rings. The van der Waals surface area contributed by atoms with Crippen LogP contribution < -0.4 is 5.32 Å². The zero-order valence-electron chi connectivity index (χ0n) is 23.1. The minimum Gasteiger partial charge on any atom is -0.356 e. The summed E-state index contributed by atoms with van der Waals surface area (Å²) in [5.41, 5.74) is -6.24. The molecule has 234 valence electrons. The summed E-state index contributed by atoms with van der Waals surface area (Å²) in [5.74, 6) is -1.35. The molecule has 3 rings (SSSR count). The number of hydrogen-bond acceptors (Lipinski definition) is 3. The van der Waals surface area contributed by atoms with Crippen LogP contribution in [0.3, 0.4) is 0 Å². The zero-order chi connectivity index (χ0) is 32.1. The normalized spacial score (nSPS) is 21.0. The number of carbonyl (C=O) groups excluding carboxylic acids is 1. The van der Waals surface area contributed by atoms with Crippen LogP contribution in [0.5, 0.6) is 0 Å². The lowest BCUT2D eigenvalue weighted by Gasteiger charge is -2.40. The van der Waals surface area contributed by atoms with Gasteiger partial charge < -0.3 is 5.32 Å². The fourth-order valence-electron chi connectivity index (χ4n) is 5.15. The van der Waals surface area contributed by atoms with Crippen molar-refractivity contribution in [1.82, 2.24) is 5.32 Å². The van der Waals surface area contributed by atoms with Crippen molar-refractivity contribution >= 4 is 23.4 Å². The Morgan fingerprint density at radius 3 is 2.05 bits per heavy atom. The molecule has 0 heterocycles. The van der Waals surface area contributed by atoms with Crippen LogP contribution in [0.15, 0.2) is 82.3 Å². The number of allylic oxidation sites excluding steroid dienone is 2. The topological polar surface area (TPSA) is 58.5 Å². The molecule has 1 amide bonds. The number of amides is 1. The monoisotopic (exact) mass is 634 g/mol. The lowest BCUT2D eigenvalue weighted by atomic mass is 9.77. The van der Waals surface area contributed by atoms with Crippen LogP contribution in [0.2, 0.25) is 0 Å². The van der Waals surface area contributed by atoms with E-state index >= 15 is 0 Å². The van der Waals surface area contributed by atoms with E-state index in [4.69, 9.17) is 0 Å². The van der Waals surface area contributed by atoms with Gasteiger partial charge in [-0.2, -0.15) is 26.3 Å². The van der Waals surface area contributed by atoms with Crippen molar-refractivity contribution in [1.29, 1.82) is 0 Å². The van der Waals surface area contributed by atoms with Gasteiger partial charge in [0.2, 0.25) is 5.91 Å². The number of rotatable bonds is 10. The minimum absolute atomic E-state index is 0.0710. The average Bonchev–Trinajstić information content (AvgIpc) is 2.97. The molecule has 1 aliphatic rings. The number of carbonyl (C=O) groups is 1. The molecule has 0 radical (unpaired) electrons. The Morgan fingerprint density at radius 2 is 1.56 bits per heavy atom. The molecule has 43 heavy (non-hydrogen) atoms. The van der Waals surface area contributed by atoms with Gasteiger partial charge in [-0.25, -0.2) is 8.78 Å². The van der Waals surface area contributed by atoms with E-state index in [1.165, 1.54) is 18.3 Å². The Morgan fingerprint density at radius 1 is 1.00 bits per heavy atom. The molecular weight excluding hydrogens is 604 g/mol. The highest BCUT2D eigenvalue weighted by Gasteiger charge is 2.73. The van der Waals surface area contributed by atoms with Gasteiger partial charge in [-0.3, -0.25) is 14.0 Å². The average molecular weight is 635 g/mol. The molecule has 1 atom stereocenters. The summed E-state index contributed by atoms with van der Waals surface area (Å²) in [6, 6.07) is 7.31. The van der Waals surface area contributed by atoms with E-state index in [0.717, 1.165) is 29.8 Å². The Hall–Kier alpha value is -3.35. The van der Waals surface area contributed by atoms with Crippen molar-refractivity contribution in [3.63, 3.8) is 0 Å². The number of aliphatic imine (C=N–C) groups is 1. The number of nitrogens with one attached hydrogen (secondary N) is 1. The largest absolute Gasteiger partial charge is 0.435 e. The fourth-order valence-corrected chi connectivity index (χ4v) is 6.94. The summed E-state index contributed by atoms with van der Waals surface area (Å²) in [5, 5.41) is 2.85. The van der Waals surface area contributed by atoms with Gasteiger partial charge in [0.05, 0.1) is 15.5 Å². The van der Waals surface area contributed by atoms with Crippen molar-refractivity contribution in [2.24, 2.45) is 10.9 Å². The van der Waals surface area contributed by atoms with Gasteiger partial charge in [0, 0.05) is 29.1 Å². The highest BCUT2D eigenvalue weighted by atomic mass is 32.2. The molecule has 0 aliphatic heterocycles. The third kappa shape index (κ3) is 7.25. The van der Waals surface area contributed by atoms with E-state index in [2.05, 4.69) is 17.0 Å². The summed E-state index contributed by atoms with van der Waals surface area (Å²) in [6.45, 7) is 5.52. The Balaban J connectivity index is 1.89. The third-order valence-electron chi connectivity index (χ3n) is 7.61. The van der Waals surface area contributed by atoms with Crippen molar-refractivity contribution in [2.75, 3.05) is 6.54 Å². The lowest BCUT2D eigenvalue weighted by molar-refractivity contribution is -0.348. The van der Waals surface area contributed by atoms with Crippen molar-refractivity contribution < 1.29 is 44.1 Å². The summed E-state index contributed by atoms with van der Waals surface area (Å²) in [6.07, 6.45) is -6.36. The standard InChI is InChI=1S/C30H30F8N2O2S/c1-3-20(14-18-39-2)15-19-40-26(41)21-12-16-27(17-13-21,43(42)25-10-8-24(31)9-11-25)22-4-6-23(7-5-22)28(32,29(33,34)35)30(36,37)38/h3-11,14,18,21H,2,12-13,15-17,19H2,1H3,(H,40,41)/b18-14-,20-3+. The quantitative estimate of drug-likeness (QED) is 0.164. The fraction of sp³-hybridized carbons (Fsp3) is 0.400. The minimum atomic E-state index is -6.28. The molecule has 4 nitrogen and oxygen atoms in total. The molecule has 1 aliphatic carbocycles. The maximum Gasteiger partial charge on any atom is 0.435 e. The predicted molar refractivity (Wildman–Crippen MR) is 148 cm³/mol. The van der Waals surface area contributed by atoms with E-state index in [-0.39, 0.29) is 42.0 Å². The second kappa shape index (κ2) is 13.5. The first-order valence-electron chi connectivity index (χ1n) is 13.3.